The van der Waals surface area contributed by atoms with Crippen molar-refractivity contribution in [1.29, 1.82) is 0 Å². The summed E-state index contributed by atoms with van der Waals surface area (Å²) in [7, 11) is 1.82. The monoisotopic (exact) mass is 346 g/mol. The summed E-state index contributed by atoms with van der Waals surface area (Å²) in [6.07, 6.45) is 1.63. The predicted octanol–water partition coefficient (Wildman–Crippen LogP) is 4.34. The van der Waals surface area contributed by atoms with Gasteiger partial charge in [-0.3, -0.25) is 4.79 Å². The van der Waals surface area contributed by atoms with Gasteiger partial charge in [-0.15, -0.1) is 0 Å². The zero-order valence-corrected chi connectivity index (χ0v) is 15.0. The van der Waals surface area contributed by atoms with Gasteiger partial charge in [-0.25, -0.2) is 4.98 Å². The molecular formula is C22H22N2O2. The van der Waals surface area contributed by atoms with Crippen LogP contribution in [0.4, 0.5) is 0 Å². The van der Waals surface area contributed by atoms with E-state index in [-0.39, 0.29) is 11.9 Å². The molecule has 132 valence electrons. The lowest BCUT2D eigenvalue weighted by atomic mass is 9.97. The summed E-state index contributed by atoms with van der Waals surface area (Å²) >= 11 is 0. The summed E-state index contributed by atoms with van der Waals surface area (Å²) in [5.74, 6) is 0.242. The zero-order chi connectivity index (χ0) is 18.4. The van der Waals surface area contributed by atoms with E-state index in [0.29, 0.717) is 18.1 Å². The summed E-state index contributed by atoms with van der Waals surface area (Å²) in [6, 6.07) is 23.3. The minimum Gasteiger partial charge on any atom is -0.477 e. The van der Waals surface area contributed by atoms with Gasteiger partial charge in [0.1, 0.15) is 5.56 Å². The first-order valence-corrected chi connectivity index (χ1v) is 8.67. The number of nitrogens with zero attached hydrogens (tertiary/aromatic N) is 2. The first kappa shape index (κ1) is 17.7. The zero-order valence-electron chi connectivity index (χ0n) is 15.0. The minimum absolute atomic E-state index is 0.126. The van der Waals surface area contributed by atoms with Crippen LogP contribution in [0.25, 0.3) is 0 Å². The van der Waals surface area contributed by atoms with Crippen LogP contribution in [0.5, 0.6) is 5.88 Å². The number of benzene rings is 2. The van der Waals surface area contributed by atoms with E-state index in [9.17, 15) is 4.79 Å². The molecule has 0 saturated heterocycles. The van der Waals surface area contributed by atoms with Crippen LogP contribution in [0.3, 0.4) is 0 Å². The van der Waals surface area contributed by atoms with Gasteiger partial charge < -0.3 is 9.64 Å². The first-order valence-electron chi connectivity index (χ1n) is 8.67. The standard InChI is InChI=1S/C22H22N2O2/c1-3-26-21-19(15-10-16-23-21)22(25)24(2)20(17-11-6-4-7-12-17)18-13-8-5-9-14-18/h4-16,20H,3H2,1-2H3. The Bertz CT molecular complexity index is 811. The molecule has 0 saturated carbocycles. The molecule has 1 amide bonds. The maximum absolute atomic E-state index is 13.2. The summed E-state index contributed by atoms with van der Waals surface area (Å²) < 4.78 is 5.54. The van der Waals surface area contributed by atoms with E-state index in [1.54, 1.807) is 23.2 Å². The average molecular weight is 346 g/mol. The Kier molecular flexibility index (Phi) is 5.64. The predicted molar refractivity (Wildman–Crippen MR) is 102 cm³/mol. The second-order valence-electron chi connectivity index (χ2n) is 5.93. The third kappa shape index (κ3) is 3.75. The largest absolute Gasteiger partial charge is 0.477 e. The fraction of sp³-hybridized carbons (Fsp3) is 0.182. The number of amides is 1. The lowest BCUT2D eigenvalue weighted by molar-refractivity contribution is 0.0750. The molecule has 0 aliphatic carbocycles. The van der Waals surface area contributed by atoms with Crippen molar-refractivity contribution in [2.75, 3.05) is 13.7 Å². The number of aromatic nitrogens is 1. The number of hydrogen-bond donors (Lipinski definition) is 0. The van der Waals surface area contributed by atoms with Crippen molar-refractivity contribution in [2.45, 2.75) is 13.0 Å². The van der Waals surface area contributed by atoms with E-state index in [2.05, 4.69) is 4.98 Å². The fourth-order valence-electron chi connectivity index (χ4n) is 3.02. The highest BCUT2D eigenvalue weighted by Crippen LogP contribution is 2.30. The quantitative estimate of drug-likeness (QED) is 0.667. The van der Waals surface area contributed by atoms with Gasteiger partial charge in [0.15, 0.2) is 0 Å². The smallest absolute Gasteiger partial charge is 0.259 e. The van der Waals surface area contributed by atoms with Crippen molar-refractivity contribution in [3.05, 3.63) is 95.7 Å². The number of rotatable bonds is 6. The maximum atomic E-state index is 13.2. The molecule has 0 N–H and O–H groups in total. The lowest BCUT2D eigenvalue weighted by Crippen LogP contribution is -2.32. The molecule has 3 rings (SSSR count). The molecule has 0 atom stereocenters. The third-order valence-electron chi connectivity index (χ3n) is 4.22. The van der Waals surface area contributed by atoms with Crippen LogP contribution in [0, 0.1) is 0 Å². The number of ether oxygens (including phenoxy) is 1. The Hall–Kier alpha value is -3.14. The Labute approximate surface area is 154 Å². The molecule has 3 aromatic rings. The van der Waals surface area contributed by atoms with Crippen molar-refractivity contribution in [1.82, 2.24) is 9.88 Å². The van der Waals surface area contributed by atoms with Crippen LogP contribution in [-0.4, -0.2) is 29.4 Å². The van der Waals surface area contributed by atoms with Gasteiger partial charge in [0.25, 0.3) is 5.91 Å². The highest BCUT2D eigenvalue weighted by atomic mass is 16.5. The van der Waals surface area contributed by atoms with Crippen LogP contribution in [0.2, 0.25) is 0 Å². The van der Waals surface area contributed by atoms with Gasteiger partial charge in [-0.05, 0) is 30.2 Å². The van der Waals surface area contributed by atoms with Crippen LogP contribution < -0.4 is 4.74 Å². The molecule has 0 unspecified atom stereocenters. The van der Waals surface area contributed by atoms with Crippen LogP contribution in [0.15, 0.2) is 79.0 Å². The van der Waals surface area contributed by atoms with Crippen molar-refractivity contribution in [3.63, 3.8) is 0 Å². The Morgan fingerprint density at radius 2 is 1.54 bits per heavy atom. The number of carbonyl (C=O) groups is 1. The third-order valence-corrected chi connectivity index (χ3v) is 4.22. The van der Waals surface area contributed by atoms with Crippen LogP contribution in [0.1, 0.15) is 34.5 Å². The molecule has 0 bridgehead atoms. The SMILES string of the molecule is CCOc1ncccc1C(=O)N(C)C(c1ccccc1)c1ccccc1. The highest BCUT2D eigenvalue weighted by molar-refractivity contribution is 5.96. The highest BCUT2D eigenvalue weighted by Gasteiger charge is 2.26. The molecule has 4 heteroatoms. The summed E-state index contributed by atoms with van der Waals surface area (Å²) in [5.41, 5.74) is 2.57. The van der Waals surface area contributed by atoms with Crippen molar-refractivity contribution >= 4 is 5.91 Å². The topological polar surface area (TPSA) is 42.4 Å². The summed E-state index contributed by atoms with van der Waals surface area (Å²) in [4.78, 5) is 19.2. The fourth-order valence-corrected chi connectivity index (χ4v) is 3.02. The minimum atomic E-state index is -0.195. The number of hydrogen-bond acceptors (Lipinski definition) is 3. The molecule has 0 aliphatic heterocycles. The van der Waals surface area contributed by atoms with E-state index in [0.717, 1.165) is 11.1 Å². The molecule has 0 fully saturated rings. The van der Waals surface area contributed by atoms with Gasteiger partial charge in [0.05, 0.1) is 12.6 Å². The number of carbonyl (C=O) groups excluding carboxylic acids is 1. The Morgan fingerprint density at radius 1 is 0.962 bits per heavy atom. The molecule has 0 radical (unpaired) electrons. The average Bonchev–Trinajstić information content (AvgIpc) is 2.70. The van der Waals surface area contributed by atoms with Crippen LogP contribution in [-0.2, 0) is 0 Å². The van der Waals surface area contributed by atoms with Gasteiger partial charge in [0, 0.05) is 13.2 Å². The van der Waals surface area contributed by atoms with Gasteiger partial charge >= 0.3 is 0 Å². The van der Waals surface area contributed by atoms with E-state index < -0.39 is 0 Å². The molecule has 1 heterocycles. The Morgan fingerprint density at radius 3 is 2.08 bits per heavy atom. The molecule has 0 spiro atoms. The normalized spacial score (nSPS) is 10.6. The second kappa shape index (κ2) is 8.30. The lowest BCUT2D eigenvalue weighted by Gasteiger charge is -2.29. The summed E-state index contributed by atoms with van der Waals surface area (Å²) in [5, 5.41) is 0. The van der Waals surface area contributed by atoms with Gasteiger partial charge in [-0.1, -0.05) is 60.7 Å². The van der Waals surface area contributed by atoms with E-state index >= 15 is 0 Å². The molecule has 0 aliphatic rings. The van der Waals surface area contributed by atoms with E-state index in [1.807, 2.05) is 74.6 Å². The van der Waals surface area contributed by atoms with Gasteiger partial charge in [-0.2, -0.15) is 0 Å². The van der Waals surface area contributed by atoms with E-state index in [1.165, 1.54) is 0 Å². The maximum Gasteiger partial charge on any atom is 0.259 e. The molecular weight excluding hydrogens is 324 g/mol. The molecule has 26 heavy (non-hydrogen) atoms. The van der Waals surface area contributed by atoms with E-state index in [4.69, 9.17) is 4.74 Å². The summed E-state index contributed by atoms with van der Waals surface area (Å²) in [6.45, 7) is 2.34. The Balaban J connectivity index is 2.01. The number of pyridine rings is 1. The van der Waals surface area contributed by atoms with Crippen molar-refractivity contribution < 1.29 is 9.53 Å². The second-order valence-corrected chi connectivity index (χ2v) is 5.93. The van der Waals surface area contributed by atoms with Crippen molar-refractivity contribution in [2.24, 2.45) is 0 Å². The van der Waals surface area contributed by atoms with Crippen molar-refractivity contribution in [3.8, 4) is 5.88 Å². The molecule has 4 nitrogen and oxygen atoms in total. The molecule has 1 aromatic heterocycles. The molecule has 2 aromatic carbocycles. The van der Waals surface area contributed by atoms with Gasteiger partial charge in [0.2, 0.25) is 5.88 Å². The first-order chi connectivity index (χ1) is 12.7. The van der Waals surface area contributed by atoms with Crippen LogP contribution >= 0.6 is 0 Å².